The molecule has 12 heavy (non-hydrogen) atoms. The van der Waals surface area contributed by atoms with Crippen LogP contribution in [0.2, 0.25) is 0 Å². The summed E-state index contributed by atoms with van der Waals surface area (Å²) in [5.41, 5.74) is 0. The third-order valence-corrected chi connectivity index (χ3v) is 1.99. The van der Waals surface area contributed by atoms with Gasteiger partial charge >= 0.3 is 0 Å². The molecule has 0 spiro atoms. The molecule has 0 radical (unpaired) electrons. The Labute approximate surface area is 77.1 Å². The highest BCUT2D eigenvalue weighted by atomic mass is 14.8. The second-order valence-corrected chi connectivity index (χ2v) is 3.27. The van der Waals surface area contributed by atoms with Crippen molar-refractivity contribution in [3.8, 4) is 0 Å². The van der Waals surface area contributed by atoms with Crippen molar-refractivity contribution in [1.29, 1.82) is 0 Å². The van der Waals surface area contributed by atoms with Crippen LogP contribution in [0.3, 0.4) is 0 Å². The summed E-state index contributed by atoms with van der Waals surface area (Å²) >= 11 is 0. The molecule has 0 fully saturated rings. The average molecular weight is 172 g/mol. The van der Waals surface area contributed by atoms with Gasteiger partial charge in [-0.1, -0.05) is 19.8 Å². The smallest absolute Gasteiger partial charge is 0.00489 e. The molecule has 0 aromatic carbocycles. The number of nitrogens with one attached hydrogen (secondary N) is 2. The Morgan fingerprint density at radius 3 is 2.17 bits per heavy atom. The zero-order chi connectivity index (χ0) is 9.07. The molecule has 0 amide bonds. The monoisotopic (exact) mass is 172 g/mol. The first-order valence-corrected chi connectivity index (χ1v) is 5.27. The summed E-state index contributed by atoms with van der Waals surface area (Å²) < 4.78 is 0. The van der Waals surface area contributed by atoms with E-state index in [2.05, 4.69) is 17.6 Å². The van der Waals surface area contributed by atoms with Crippen LogP contribution in [-0.2, 0) is 0 Å². The molecule has 2 nitrogen and oxygen atoms in total. The Hall–Kier alpha value is -0.0800. The second-order valence-electron chi connectivity index (χ2n) is 3.27. The van der Waals surface area contributed by atoms with Gasteiger partial charge in [-0.05, 0) is 45.9 Å². The molecule has 0 rings (SSSR count). The molecule has 0 aromatic rings. The molecular weight excluding hydrogens is 148 g/mol. The quantitative estimate of drug-likeness (QED) is 0.518. The molecule has 0 aliphatic carbocycles. The van der Waals surface area contributed by atoms with E-state index in [-0.39, 0.29) is 0 Å². The first-order valence-electron chi connectivity index (χ1n) is 5.27. The van der Waals surface area contributed by atoms with Gasteiger partial charge in [0.15, 0.2) is 0 Å². The van der Waals surface area contributed by atoms with E-state index in [9.17, 15) is 0 Å². The molecule has 0 unspecified atom stereocenters. The number of unbranched alkanes of at least 4 members (excludes halogenated alkanes) is 3. The van der Waals surface area contributed by atoms with E-state index in [0.29, 0.717) is 0 Å². The summed E-state index contributed by atoms with van der Waals surface area (Å²) in [5, 5.41) is 6.60. The Balaban J connectivity index is 2.73. The summed E-state index contributed by atoms with van der Waals surface area (Å²) in [6.07, 6.45) is 6.60. The van der Waals surface area contributed by atoms with Crippen LogP contribution in [0.4, 0.5) is 0 Å². The van der Waals surface area contributed by atoms with Crippen LogP contribution in [0.25, 0.3) is 0 Å². The minimum absolute atomic E-state index is 1.16. The van der Waals surface area contributed by atoms with E-state index in [4.69, 9.17) is 0 Å². The SMILES string of the molecule is CCCCNCCCCCNC. The van der Waals surface area contributed by atoms with Crippen molar-refractivity contribution in [3.05, 3.63) is 0 Å². The van der Waals surface area contributed by atoms with Gasteiger partial charge in [-0.3, -0.25) is 0 Å². The highest BCUT2D eigenvalue weighted by Crippen LogP contribution is 1.92. The number of hydrogen-bond acceptors (Lipinski definition) is 2. The Kier molecular flexibility index (Phi) is 10.8. The Morgan fingerprint density at radius 1 is 0.833 bits per heavy atom. The lowest BCUT2D eigenvalue weighted by atomic mass is 10.2. The van der Waals surface area contributed by atoms with Crippen LogP contribution >= 0.6 is 0 Å². The molecule has 2 N–H and O–H groups in total. The van der Waals surface area contributed by atoms with Crippen molar-refractivity contribution in [3.63, 3.8) is 0 Å². The van der Waals surface area contributed by atoms with Gasteiger partial charge in [0.1, 0.15) is 0 Å². The summed E-state index contributed by atoms with van der Waals surface area (Å²) in [4.78, 5) is 0. The van der Waals surface area contributed by atoms with Gasteiger partial charge in [0.05, 0.1) is 0 Å². The fraction of sp³-hybridized carbons (Fsp3) is 1.00. The van der Waals surface area contributed by atoms with Gasteiger partial charge in [-0.15, -0.1) is 0 Å². The van der Waals surface area contributed by atoms with Gasteiger partial charge in [-0.25, -0.2) is 0 Å². The molecular formula is C10H24N2. The Bertz CT molecular complexity index is 64.2. The normalized spacial score (nSPS) is 10.5. The lowest BCUT2D eigenvalue weighted by molar-refractivity contribution is 0.577. The lowest BCUT2D eigenvalue weighted by Gasteiger charge is -2.03. The van der Waals surface area contributed by atoms with Crippen molar-refractivity contribution in [2.24, 2.45) is 0 Å². The van der Waals surface area contributed by atoms with E-state index >= 15 is 0 Å². The van der Waals surface area contributed by atoms with Crippen LogP contribution in [0, 0.1) is 0 Å². The minimum Gasteiger partial charge on any atom is -0.320 e. The summed E-state index contributed by atoms with van der Waals surface area (Å²) in [7, 11) is 2.01. The van der Waals surface area contributed by atoms with Gasteiger partial charge in [0, 0.05) is 0 Å². The highest BCUT2D eigenvalue weighted by molar-refractivity contribution is 4.49. The highest BCUT2D eigenvalue weighted by Gasteiger charge is 1.88. The first-order chi connectivity index (χ1) is 5.91. The predicted octanol–water partition coefficient (Wildman–Crippen LogP) is 1.77. The average Bonchev–Trinajstić information content (AvgIpc) is 2.10. The lowest BCUT2D eigenvalue weighted by Crippen LogP contribution is -2.16. The maximum Gasteiger partial charge on any atom is -0.00489 e. The van der Waals surface area contributed by atoms with Crippen molar-refractivity contribution >= 4 is 0 Å². The standard InChI is InChI=1S/C10H24N2/c1-3-4-9-12-10-7-5-6-8-11-2/h11-12H,3-10H2,1-2H3. The molecule has 0 bridgehead atoms. The van der Waals surface area contributed by atoms with Gasteiger partial charge in [0.2, 0.25) is 0 Å². The van der Waals surface area contributed by atoms with Crippen molar-refractivity contribution in [2.45, 2.75) is 39.0 Å². The van der Waals surface area contributed by atoms with E-state index in [1.165, 1.54) is 45.2 Å². The zero-order valence-corrected chi connectivity index (χ0v) is 8.66. The van der Waals surface area contributed by atoms with Crippen LogP contribution in [0.15, 0.2) is 0 Å². The summed E-state index contributed by atoms with van der Waals surface area (Å²) in [6, 6.07) is 0. The van der Waals surface area contributed by atoms with Crippen LogP contribution < -0.4 is 10.6 Å². The maximum atomic E-state index is 3.44. The van der Waals surface area contributed by atoms with Gasteiger partial charge < -0.3 is 10.6 Å². The molecule has 0 saturated heterocycles. The molecule has 2 heteroatoms. The van der Waals surface area contributed by atoms with Gasteiger partial charge in [0.25, 0.3) is 0 Å². The fourth-order valence-corrected chi connectivity index (χ4v) is 1.16. The molecule has 0 aliphatic rings. The summed E-state index contributed by atoms with van der Waals surface area (Å²) in [6.45, 7) is 5.79. The predicted molar refractivity (Wildman–Crippen MR) is 55.6 cm³/mol. The largest absolute Gasteiger partial charge is 0.320 e. The molecule has 0 atom stereocenters. The van der Waals surface area contributed by atoms with Crippen LogP contribution in [-0.4, -0.2) is 26.7 Å². The third kappa shape index (κ3) is 9.92. The van der Waals surface area contributed by atoms with E-state index in [1.807, 2.05) is 7.05 Å². The first kappa shape index (κ1) is 11.9. The number of hydrogen-bond donors (Lipinski definition) is 2. The molecule has 0 saturated carbocycles. The van der Waals surface area contributed by atoms with Crippen molar-refractivity contribution in [2.75, 3.05) is 26.7 Å². The fourth-order valence-electron chi connectivity index (χ4n) is 1.16. The van der Waals surface area contributed by atoms with E-state index in [1.54, 1.807) is 0 Å². The van der Waals surface area contributed by atoms with E-state index in [0.717, 1.165) is 6.54 Å². The number of rotatable bonds is 9. The topological polar surface area (TPSA) is 24.1 Å². The Morgan fingerprint density at radius 2 is 1.50 bits per heavy atom. The maximum absolute atomic E-state index is 3.44. The van der Waals surface area contributed by atoms with Crippen molar-refractivity contribution < 1.29 is 0 Å². The van der Waals surface area contributed by atoms with Gasteiger partial charge in [-0.2, -0.15) is 0 Å². The molecule has 0 aliphatic heterocycles. The van der Waals surface area contributed by atoms with Crippen molar-refractivity contribution in [1.82, 2.24) is 10.6 Å². The third-order valence-electron chi connectivity index (χ3n) is 1.99. The van der Waals surface area contributed by atoms with Crippen LogP contribution in [0.5, 0.6) is 0 Å². The van der Waals surface area contributed by atoms with Crippen LogP contribution in [0.1, 0.15) is 39.0 Å². The molecule has 0 heterocycles. The zero-order valence-electron chi connectivity index (χ0n) is 8.66. The van der Waals surface area contributed by atoms with E-state index < -0.39 is 0 Å². The minimum atomic E-state index is 1.16. The molecule has 74 valence electrons. The molecule has 0 aromatic heterocycles. The second kappa shape index (κ2) is 10.9. The summed E-state index contributed by atoms with van der Waals surface area (Å²) in [5.74, 6) is 0.